The van der Waals surface area contributed by atoms with Crippen molar-refractivity contribution in [3.63, 3.8) is 0 Å². The van der Waals surface area contributed by atoms with Gasteiger partial charge >= 0.3 is 0 Å². The molecule has 0 atom stereocenters. The second-order valence-corrected chi connectivity index (χ2v) is 5.12. The number of nitrogens with one attached hydrogen (secondary N) is 1. The summed E-state index contributed by atoms with van der Waals surface area (Å²) in [6.07, 6.45) is 0.209. The van der Waals surface area contributed by atoms with Crippen LogP contribution in [0.4, 0.5) is 5.69 Å². The fourth-order valence-electron chi connectivity index (χ4n) is 2.17. The molecule has 1 N–H and O–H groups in total. The minimum Gasteiger partial charge on any atom is -0.494 e. The largest absolute Gasteiger partial charge is 0.494 e. The van der Waals surface area contributed by atoms with Crippen molar-refractivity contribution in [3.8, 4) is 11.8 Å². The van der Waals surface area contributed by atoms with Gasteiger partial charge in [-0.25, -0.2) is 0 Å². The maximum Gasteiger partial charge on any atom is 0.224 e. The Morgan fingerprint density at radius 1 is 1.12 bits per heavy atom. The van der Waals surface area contributed by atoms with Crippen LogP contribution in [0.3, 0.4) is 0 Å². The first-order valence-corrected chi connectivity index (χ1v) is 7.68. The molecule has 0 saturated carbocycles. The Bertz CT molecular complexity index is 761. The standard InChI is InChI=1S/C19H18N2O3/c1-2-24-17-8-6-15(7-9-17)18(22)10-11-19(23)21-16-5-3-4-14(12-16)13-20/h3-9,12H,2,10-11H2,1H3,(H,21,23). The number of anilines is 1. The van der Waals surface area contributed by atoms with Gasteiger partial charge in [-0.2, -0.15) is 5.26 Å². The van der Waals surface area contributed by atoms with E-state index in [9.17, 15) is 9.59 Å². The van der Waals surface area contributed by atoms with E-state index < -0.39 is 0 Å². The Kier molecular flexibility index (Phi) is 6.09. The Balaban J connectivity index is 1.86. The lowest BCUT2D eigenvalue weighted by Gasteiger charge is -2.06. The zero-order chi connectivity index (χ0) is 17.4. The van der Waals surface area contributed by atoms with Crippen LogP contribution in [0, 0.1) is 11.3 Å². The van der Waals surface area contributed by atoms with Crippen molar-refractivity contribution in [2.75, 3.05) is 11.9 Å². The number of benzene rings is 2. The van der Waals surface area contributed by atoms with Gasteiger partial charge in [0.2, 0.25) is 5.91 Å². The van der Waals surface area contributed by atoms with Gasteiger partial charge < -0.3 is 10.1 Å². The molecule has 0 aliphatic heterocycles. The van der Waals surface area contributed by atoms with Crippen LogP contribution in [0.1, 0.15) is 35.7 Å². The number of rotatable bonds is 7. The fourth-order valence-corrected chi connectivity index (χ4v) is 2.17. The van der Waals surface area contributed by atoms with Crippen molar-refractivity contribution in [2.24, 2.45) is 0 Å². The molecule has 0 unspecified atom stereocenters. The molecule has 2 aromatic carbocycles. The highest BCUT2D eigenvalue weighted by molar-refractivity contribution is 6.00. The van der Waals surface area contributed by atoms with E-state index in [0.29, 0.717) is 29.2 Å². The molecule has 0 spiro atoms. The van der Waals surface area contributed by atoms with Crippen molar-refractivity contribution >= 4 is 17.4 Å². The third-order valence-corrected chi connectivity index (χ3v) is 3.34. The van der Waals surface area contributed by atoms with Gasteiger partial charge in [-0.1, -0.05) is 6.07 Å². The highest BCUT2D eigenvalue weighted by atomic mass is 16.5. The van der Waals surface area contributed by atoms with Crippen molar-refractivity contribution in [2.45, 2.75) is 19.8 Å². The minimum atomic E-state index is -0.260. The van der Waals surface area contributed by atoms with E-state index in [-0.39, 0.29) is 24.5 Å². The highest BCUT2D eigenvalue weighted by Gasteiger charge is 2.10. The van der Waals surface area contributed by atoms with E-state index in [4.69, 9.17) is 10.00 Å². The SMILES string of the molecule is CCOc1ccc(C(=O)CCC(=O)Nc2cccc(C#N)c2)cc1. The monoisotopic (exact) mass is 322 g/mol. The zero-order valence-electron chi connectivity index (χ0n) is 13.4. The van der Waals surface area contributed by atoms with E-state index in [1.807, 2.05) is 13.0 Å². The maximum atomic E-state index is 12.1. The van der Waals surface area contributed by atoms with Crippen LogP contribution in [-0.2, 0) is 4.79 Å². The molecule has 1 amide bonds. The van der Waals surface area contributed by atoms with Crippen molar-refractivity contribution in [3.05, 3.63) is 59.7 Å². The lowest BCUT2D eigenvalue weighted by Crippen LogP contribution is -2.13. The third-order valence-electron chi connectivity index (χ3n) is 3.34. The summed E-state index contributed by atoms with van der Waals surface area (Å²) in [4.78, 5) is 24.0. The predicted octanol–water partition coefficient (Wildman–Crippen LogP) is 3.56. The molecule has 0 aliphatic rings. The molecule has 0 radical (unpaired) electrons. The molecule has 2 rings (SSSR count). The molecule has 2 aromatic rings. The molecule has 0 aliphatic carbocycles. The van der Waals surface area contributed by atoms with Crippen LogP contribution in [0.2, 0.25) is 0 Å². The van der Waals surface area contributed by atoms with E-state index in [0.717, 1.165) is 0 Å². The van der Waals surface area contributed by atoms with Gasteiger partial charge in [0.1, 0.15) is 5.75 Å². The summed E-state index contributed by atoms with van der Waals surface area (Å²) in [7, 11) is 0. The summed E-state index contributed by atoms with van der Waals surface area (Å²) in [5.41, 5.74) is 1.57. The average Bonchev–Trinajstić information content (AvgIpc) is 2.61. The second kappa shape index (κ2) is 8.49. The third kappa shape index (κ3) is 4.96. The van der Waals surface area contributed by atoms with Crippen LogP contribution >= 0.6 is 0 Å². The first-order chi connectivity index (χ1) is 11.6. The number of hydrogen-bond acceptors (Lipinski definition) is 4. The number of ether oxygens (including phenoxy) is 1. The number of carbonyl (C=O) groups excluding carboxylic acids is 2. The quantitative estimate of drug-likeness (QED) is 0.791. The molecule has 0 saturated heterocycles. The maximum absolute atomic E-state index is 12.1. The molecule has 0 heterocycles. The van der Waals surface area contributed by atoms with Crippen LogP contribution < -0.4 is 10.1 Å². The number of nitriles is 1. The predicted molar refractivity (Wildman–Crippen MR) is 91.0 cm³/mol. The Morgan fingerprint density at radius 3 is 2.54 bits per heavy atom. The van der Waals surface area contributed by atoms with Gasteiger partial charge in [0.15, 0.2) is 5.78 Å². The summed E-state index contributed by atoms with van der Waals surface area (Å²) in [5, 5.41) is 11.5. The normalized spacial score (nSPS) is 9.83. The van der Waals surface area contributed by atoms with E-state index in [1.54, 1.807) is 48.5 Å². The number of ketones is 1. The fraction of sp³-hybridized carbons (Fsp3) is 0.211. The van der Waals surface area contributed by atoms with Crippen molar-refractivity contribution in [1.82, 2.24) is 0 Å². The topological polar surface area (TPSA) is 79.2 Å². The highest BCUT2D eigenvalue weighted by Crippen LogP contribution is 2.15. The number of hydrogen-bond donors (Lipinski definition) is 1. The van der Waals surface area contributed by atoms with Crippen LogP contribution in [0.25, 0.3) is 0 Å². The average molecular weight is 322 g/mol. The summed E-state index contributed by atoms with van der Waals surface area (Å²) in [6.45, 7) is 2.46. The molecule has 5 nitrogen and oxygen atoms in total. The summed E-state index contributed by atoms with van der Waals surface area (Å²) in [5.74, 6) is 0.354. The number of nitrogens with zero attached hydrogens (tertiary/aromatic N) is 1. The lowest BCUT2D eigenvalue weighted by molar-refractivity contribution is -0.116. The number of Topliss-reactive ketones (excluding diaryl/α,β-unsaturated/α-hetero) is 1. The van der Waals surface area contributed by atoms with E-state index in [2.05, 4.69) is 5.32 Å². The van der Waals surface area contributed by atoms with Crippen LogP contribution in [-0.4, -0.2) is 18.3 Å². The van der Waals surface area contributed by atoms with Crippen molar-refractivity contribution < 1.29 is 14.3 Å². The molecule has 5 heteroatoms. The number of carbonyl (C=O) groups is 2. The first-order valence-electron chi connectivity index (χ1n) is 7.68. The summed E-state index contributed by atoms with van der Waals surface area (Å²) >= 11 is 0. The van der Waals surface area contributed by atoms with E-state index >= 15 is 0 Å². The lowest BCUT2D eigenvalue weighted by atomic mass is 10.1. The minimum absolute atomic E-state index is 0.0861. The molecular formula is C19H18N2O3. The van der Waals surface area contributed by atoms with Gasteiger partial charge in [-0.3, -0.25) is 9.59 Å². The molecule has 24 heavy (non-hydrogen) atoms. The van der Waals surface area contributed by atoms with E-state index in [1.165, 1.54) is 0 Å². The first kappa shape index (κ1) is 17.2. The van der Waals surface area contributed by atoms with Gasteiger partial charge in [0, 0.05) is 24.1 Å². The zero-order valence-corrected chi connectivity index (χ0v) is 13.4. The van der Waals surface area contributed by atoms with Gasteiger partial charge in [-0.15, -0.1) is 0 Å². The Hall–Kier alpha value is -3.13. The molecule has 0 fully saturated rings. The smallest absolute Gasteiger partial charge is 0.224 e. The second-order valence-electron chi connectivity index (χ2n) is 5.12. The van der Waals surface area contributed by atoms with Crippen molar-refractivity contribution in [1.29, 1.82) is 5.26 Å². The van der Waals surface area contributed by atoms with Gasteiger partial charge in [0.25, 0.3) is 0 Å². The summed E-state index contributed by atoms with van der Waals surface area (Å²) in [6, 6.07) is 15.5. The Morgan fingerprint density at radius 2 is 1.88 bits per heavy atom. The molecular weight excluding hydrogens is 304 g/mol. The Labute approximate surface area is 140 Å². The number of amides is 1. The van der Waals surface area contributed by atoms with Crippen LogP contribution in [0.15, 0.2) is 48.5 Å². The molecule has 122 valence electrons. The van der Waals surface area contributed by atoms with Crippen LogP contribution in [0.5, 0.6) is 5.75 Å². The van der Waals surface area contributed by atoms with Gasteiger partial charge in [0.05, 0.1) is 18.2 Å². The summed E-state index contributed by atoms with van der Waals surface area (Å²) < 4.78 is 5.33. The molecule has 0 aromatic heterocycles. The van der Waals surface area contributed by atoms with Gasteiger partial charge in [-0.05, 0) is 49.4 Å². The molecule has 0 bridgehead atoms.